The van der Waals surface area contributed by atoms with Gasteiger partial charge in [-0.2, -0.15) is 0 Å². The Kier molecular flexibility index (Phi) is 45.0. The van der Waals surface area contributed by atoms with E-state index in [-0.39, 0.29) is 32.0 Å². The first-order valence-electron chi connectivity index (χ1n) is 28.6. The van der Waals surface area contributed by atoms with E-state index < -0.39 is 49.4 Å². The van der Waals surface area contributed by atoms with Gasteiger partial charge in [0.2, 0.25) is 0 Å². The van der Waals surface area contributed by atoms with Gasteiger partial charge in [0, 0.05) is 12.8 Å². The molecule has 4 N–H and O–H groups in total. The van der Waals surface area contributed by atoms with Crippen LogP contribution in [0.15, 0.2) is 0 Å². The number of unbranched alkanes of at least 4 members (excludes halogenated alkanes) is 39. The molecule has 1 rings (SSSR count). The van der Waals surface area contributed by atoms with Crippen LogP contribution >= 0.6 is 0 Å². The molecule has 1 fully saturated rings. The highest BCUT2D eigenvalue weighted by atomic mass is 16.7. The predicted octanol–water partition coefficient (Wildman–Crippen LogP) is 14.1. The summed E-state index contributed by atoms with van der Waals surface area (Å²) in [5.41, 5.74) is 0. The molecule has 0 aromatic rings. The first-order valence-corrected chi connectivity index (χ1v) is 28.6. The molecule has 10 heteroatoms. The van der Waals surface area contributed by atoms with Gasteiger partial charge < -0.3 is 39.4 Å². The highest BCUT2D eigenvalue weighted by Gasteiger charge is 2.44. The summed E-state index contributed by atoms with van der Waals surface area (Å²) in [5.74, 6) is -0.782. The fraction of sp³-hybridized carbons (Fsp3) is 0.964. The van der Waals surface area contributed by atoms with Crippen LogP contribution in [0.25, 0.3) is 0 Å². The largest absolute Gasteiger partial charge is 0.462 e. The van der Waals surface area contributed by atoms with E-state index in [0.29, 0.717) is 6.42 Å². The van der Waals surface area contributed by atoms with Crippen LogP contribution in [0.2, 0.25) is 0 Å². The average Bonchev–Trinajstić information content (AvgIpc) is 3.32. The van der Waals surface area contributed by atoms with Crippen LogP contribution in [-0.2, 0) is 28.5 Å². The minimum absolute atomic E-state index is 0.208. The lowest BCUT2D eigenvalue weighted by Gasteiger charge is -2.39. The van der Waals surface area contributed by atoms with Gasteiger partial charge in [-0.1, -0.05) is 264 Å². The maximum absolute atomic E-state index is 12.9. The number of rotatable bonds is 50. The van der Waals surface area contributed by atoms with E-state index in [1.54, 1.807) is 0 Å². The van der Waals surface area contributed by atoms with E-state index in [4.69, 9.17) is 18.9 Å². The Morgan fingerprint density at radius 3 is 1.03 bits per heavy atom. The number of hydrogen-bond donors (Lipinski definition) is 4. The highest BCUT2D eigenvalue weighted by Crippen LogP contribution is 2.23. The summed E-state index contributed by atoms with van der Waals surface area (Å²) in [6.07, 6.45) is 45.5. The van der Waals surface area contributed by atoms with Crippen LogP contribution in [0.3, 0.4) is 0 Å². The molecule has 0 radical (unpaired) electrons. The second-order valence-electron chi connectivity index (χ2n) is 20.1. The molecule has 0 aromatic carbocycles. The summed E-state index contributed by atoms with van der Waals surface area (Å²) in [6.45, 7) is 3.50. The van der Waals surface area contributed by atoms with Crippen molar-refractivity contribution in [3.63, 3.8) is 0 Å². The second-order valence-corrected chi connectivity index (χ2v) is 20.1. The van der Waals surface area contributed by atoms with Crippen molar-refractivity contribution >= 4 is 11.9 Å². The van der Waals surface area contributed by atoms with Gasteiger partial charge in [0.15, 0.2) is 12.4 Å². The molecule has 6 atom stereocenters. The summed E-state index contributed by atoms with van der Waals surface area (Å²) in [6, 6.07) is 0. The van der Waals surface area contributed by atoms with Gasteiger partial charge in [-0.05, 0) is 12.8 Å². The Bertz CT molecular complexity index is 1040. The fourth-order valence-electron chi connectivity index (χ4n) is 9.25. The van der Waals surface area contributed by atoms with Crippen molar-refractivity contribution in [1.82, 2.24) is 0 Å². The molecule has 392 valence electrons. The summed E-state index contributed by atoms with van der Waals surface area (Å²) in [5, 5.41) is 40.3. The normalized spacial score (nSPS) is 19.0. The molecule has 2 unspecified atom stereocenters. The van der Waals surface area contributed by atoms with Crippen molar-refractivity contribution in [1.29, 1.82) is 0 Å². The molecule has 1 aliphatic heterocycles. The first kappa shape index (κ1) is 62.7. The third-order valence-corrected chi connectivity index (χ3v) is 13.7. The van der Waals surface area contributed by atoms with Crippen molar-refractivity contribution in [2.75, 3.05) is 19.8 Å². The van der Waals surface area contributed by atoms with Crippen LogP contribution < -0.4 is 0 Å². The van der Waals surface area contributed by atoms with E-state index in [0.717, 1.165) is 32.1 Å². The Balaban J connectivity index is 2.19. The summed E-state index contributed by atoms with van der Waals surface area (Å²) in [7, 11) is 0. The molecular formula is C56H108O10. The maximum Gasteiger partial charge on any atom is 0.306 e. The van der Waals surface area contributed by atoms with Gasteiger partial charge in [-0.15, -0.1) is 0 Å². The molecule has 1 aliphatic rings. The van der Waals surface area contributed by atoms with Gasteiger partial charge in [0.1, 0.15) is 31.0 Å². The number of aliphatic hydroxyl groups is 4. The van der Waals surface area contributed by atoms with E-state index in [9.17, 15) is 30.0 Å². The van der Waals surface area contributed by atoms with Gasteiger partial charge in [0.05, 0.1) is 13.2 Å². The second kappa shape index (κ2) is 47.4. The smallest absolute Gasteiger partial charge is 0.306 e. The molecule has 0 bridgehead atoms. The Morgan fingerprint density at radius 1 is 0.409 bits per heavy atom. The minimum Gasteiger partial charge on any atom is -0.462 e. The van der Waals surface area contributed by atoms with Gasteiger partial charge in [0.25, 0.3) is 0 Å². The number of aliphatic hydroxyl groups excluding tert-OH is 4. The summed E-state index contributed by atoms with van der Waals surface area (Å²) >= 11 is 0. The molecule has 1 heterocycles. The molecular weight excluding hydrogens is 833 g/mol. The highest BCUT2D eigenvalue weighted by molar-refractivity contribution is 5.70. The third kappa shape index (κ3) is 37.6. The van der Waals surface area contributed by atoms with E-state index in [2.05, 4.69) is 13.8 Å². The first-order chi connectivity index (χ1) is 32.3. The number of carbonyl (C=O) groups is 2. The molecule has 0 aliphatic carbocycles. The molecule has 0 saturated carbocycles. The zero-order valence-electron chi connectivity index (χ0n) is 43.2. The quantitative estimate of drug-likeness (QED) is 0.0343. The zero-order chi connectivity index (χ0) is 48.0. The third-order valence-electron chi connectivity index (χ3n) is 13.7. The topological polar surface area (TPSA) is 152 Å². The standard InChI is InChI=1S/C56H108O10/c1-3-5-7-9-11-13-15-17-19-21-23-24-25-27-29-31-33-35-37-39-41-43-45-52(59)65-49(48-64-56-55(62)54(61)53(60)50(46-57)66-56)47-63-51(58)44-42-40-38-36-34-32-30-28-26-22-20-18-16-14-12-10-8-6-4-2/h49-50,53-57,60-62H,3-48H2,1-2H3/t49-,50-,53+,54?,55?,56-/m1/s1. The zero-order valence-corrected chi connectivity index (χ0v) is 43.2. The SMILES string of the molecule is CCCCCCCCCCCCCCCCCCCCCCCCC(=O)O[C@H](COC(=O)CCCCCCCCCCCCCCCCCCCCC)CO[C@@H]1O[C@H](CO)[C@H](O)C(O)C1O. The molecule has 0 spiro atoms. The van der Waals surface area contributed by atoms with Crippen LogP contribution in [0.5, 0.6) is 0 Å². The van der Waals surface area contributed by atoms with Crippen LogP contribution in [0.1, 0.15) is 290 Å². The van der Waals surface area contributed by atoms with E-state index in [1.165, 1.54) is 225 Å². The Morgan fingerprint density at radius 2 is 0.712 bits per heavy atom. The number of ether oxygens (including phenoxy) is 4. The molecule has 0 amide bonds. The average molecular weight is 941 g/mol. The lowest BCUT2D eigenvalue weighted by Crippen LogP contribution is -2.59. The summed E-state index contributed by atoms with van der Waals surface area (Å²) < 4.78 is 22.3. The lowest BCUT2D eigenvalue weighted by atomic mass is 9.99. The van der Waals surface area contributed by atoms with Gasteiger partial charge in [-0.3, -0.25) is 9.59 Å². The Labute approximate surface area is 406 Å². The molecule has 0 aromatic heterocycles. The van der Waals surface area contributed by atoms with Gasteiger partial charge in [-0.25, -0.2) is 0 Å². The molecule has 66 heavy (non-hydrogen) atoms. The van der Waals surface area contributed by atoms with Crippen LogP contribution in [0.4, 0.5) is 0 Å². The number of hydrogen-bond acceptors (Lipinski definition) is 10. The predicted molar refractivity (Wildman–Crippen MR) is 270 cm³/mol. The fourth-order valence-corrected chi connectivity index (χ4v) is 9.25. The number of esters is 2. The van der Waals surface area contributed by atoms with Crippen LogP contribution in [-0.4, -0.2) is 89.0 Å². The summed E-state index contributed by atoms with van der Waals surface area (Å²) in [4.78, 5) is 25.5. The van der Waals surface area contributed by atoms with Crippen LogP contribution in [0, 0.1) is 0 Å². The van der Waals surface area contributed by atoms with Crippen molar-refractivity contribution < 1.29 is 49.0 Å². The molecule has 1 saturated heterocycles. The molecule has 10 nitrogen and oxygen atoms in total. The Hall–Kier alpha value is -1.30. The van der Waals surface area contributed by atoms with Crippen molar-refractivity contribution in [2.24, 2.45) is 0 Å². The van der Waals surface area contributed by atoms with E-state index >= 15 is 0 Å². The van der Waals surface area contributed by atoms with E-state index in [1.807, 2.05) is 0 Å². The minimum atomic E-state index is -1.59. The number of carbonyl (C=O) groups excluding carboxylic acids is 2. The van der Waals surface area contributed by atoms with Gasteiger partial charge >= 0.3 is 11.9 Å². The van der Waals surface area contributed by atoms with Crippen molar-refractivity contribution in [3.8, 4) is 0 Å². The monoisotopic (exact) mass is 941 g/mol. The van der Waals surface area contributed by atoms with Crippen molar-refractivity contribution in [3.05, 3.63) is 0 Å². The maximum atomic E-state index is 12.9. The van der Waals surface area contributed by atoms with Crippen molar-refractivity contribution in [2.45, 2.75) is 327 Å². The lowest BCUT2D eigenvalue weighted by molar-refractivity contribution is -0.305.